The first kappa shape index (κ1) is 12.6. The van der Waals surface area contributed by atoms with Gasteiger partial charge in [-0.25, -0.2) is 4.31 Å². The molecule has 4 atom stereocenters. The molecule has 1 aliphatic heterocycles. The van der Waals surface area contributed by atoms with Gasteiger partial charge in [0.2, 0.25) is 5.91 Å². The van der Waals surface area contributed by atoms with Crippen molar-refractivity contribution in [3.05, 3.63) is 12.2 Å². The number of nitrogens with zero attached hydrogens (tertiary/aromatic N) is 1. The minimum absolute atomic E-state index is 0.373. The van der Waals surface area contributed by atoms with Gasteiger partial charge in [0, 0.05) is 6.26 Å². The average molecular weight is 301 g/mol. The number of carbonyl (C=O) groups is 2. The lowest BCUT2D eigenvalue weighted by Crippen LogP contribution is -2.45. The Morgan fingerprint density at radius 3 is 2.62 bits per heavy atom. The van der Waals surface area contributed by atoms with Crippen LogP contribution < -0.4 is 0 Å². The normalized spacial score (nSPS) is 42.8. The van der Waals surface area contributed by atoms with E-state index in [1.807, 2.05) is 0 Å². The SMILES string of the molecule is CSN1C(=O)C2C(Cl)C(Cl)C=CC2(Cl)C1=O. The number of allylic oxidation sites excluding steroid dienone is 1. The van der Waals surface area contributed by atoms with Crippen molar-refractivity contribution in [1.29, 1.82) is 0 Å². The number of carbonyl (C=O) groups excluding carboxylic acids is 2. The van der Waals surface area contributed by atoms with Crippen molar-refractivity contribution in [2.45, 2.75) is 15.6 Å². The van der Waals surface area contributed by atoms with E-state index in [1.54, 1.807) is 12.3 Å². The van der Waals surface area contributed by atoms with Crippen LogP contribution in [0.15, 0.2) is 12.2 Å². The minimum Gasteiger partial charge on any atom is -0.273 e. The van der Waals surface area contributed by atoms with E-state index < -0.39 is 27.5 Å². The summed E-state index contributed by atoms with van der Waals surface area (Å²) in [5.41, 5.74) is 0. The molecule has 0 spiro atoms. The third-order valence-electron chi connectivity index (χ3n) is 2.76. The van der Waals surface area contributed by atoms with E-state index in [9.17, 15) is 9.59 Å². The monoisotopic (exact) mass is 299 g/mol. The van der Waals surface area contributed by atoms with Crippen molar-refractivity contribution in [3.8, 4) is 0 Å². The Bertz CT molecular complexity index is 389. The topological polar surface area (TPSA) is 37.4 Å². The van der Waals surface area contributed by atoms with Gasteiger partial charge in [-0.1, -0.05) is 12.2 Å². The number of rotatable bonds is 1. The first-order valence-corrected chi connectivity index (χ1v) is 6.95. The third-order valence-corrected chi connectivity index (χ3v) is 5.06. The molecule has 1 fully saturated rings. The summed E-state index contributed by atoms with van der Waals surface area (Å²) in [7, 11) is 0. The smallest absolute Gasteiger partial charge is 0.265 e. The predicted molar refractivity (Wildman–Crippen MR) is 65.9 cm³/mol. The number of hydrogen-bond acceptors (Lipinski definition) is 3. The van der Waals surface area contributed by atoms with Crippen LogP contribution in [-0.4, -0.2) is 38.0 Å². The fourth-order valence-corrected chi connectivity index (χ4v) is 3.65. The van der Waals surface area contributed by atoms with Gasteiger partial charge in [0.1, 0.15) is 0 Å². The summed E-state index contributed by atoms with van der Waals surface area (Å²) in [6.45, 7) is 0. The fraction of sp³-hybridized carbons (Fsp3) is 0.556. The first-order valence-electron chi connectivity index (χ1n) is 4.52. The second-order valence-electron chi connectivity index (χ2n) is 3.61. The lowest BCUT2D eigenvalue weighted by molar-refractivity contribution is -0.132. The molecule has 0 aromatic heterocycles. The van der Waals surface area contributed by atoms with Crippen molar-refractivity contribution in [2.24, 2.45) is 5.92 Å². The first-order chi connectivity index (χ1) is 7.43. The maximum Gasteiger partial charge on any atom is 0.265 e. The van der Waals surface area contributed by atoms with E-state index in [1.165, 1.54) is 6.08 Å². The van der Waals surface area contributed by atoms with E-state index in [0.29, 0.717) is 0 Å². The van der Waals surface area contributed by atoms with E-state index >= 15 is 0 Å². The quantitative estimate of drug-likeness (QED) is 0.322. The molecule has 1 heterocycles. The van der Waals surface area contributed by atoms with Crippen LogP contribution in [-0.2, 0) is 9.59 Å². The molecule has 0 aromatic rings. The molecule has 16 heavy (non-hydrogen) atoms. The van der Waals surface area contributed by atoms with Gasteiger partial charge in [0.25, 0.3) is 5.91 Å². The van der Waals surface area contributed by atoms with E-state index in [4.69, 9.17) is 34.8 Å². The van der Waals surface area contributed by atoms with Crippen LogP contribution in [0, 0.1) is 5.92 Å². The summed E-state index contributed by atoms with van der Waals surface area (Å²) in [6, 6.07) is 0. The van der Waals surface area contributed by atoms with Crippen LogP contribution in [0.25, 0.3) is 0 Å². The van der Waals surface area contributed by atoms with Gasteiger partial charge >= 0.3 is 0 Å². The molecule has 2 amide bonds. The Kier molecular flexibility index (Phi) is 3.21. The molecule has 7 heteroatoms. The molecule has 3 nitrogen and oxygen atoms in total. The second-order valence-corrected chi connectivity index (χ2v) is 5.98. The summed E-state index contributed by atoms with van der Waals surface area (Å²) in [6.07, 6.45) is 4.68. The third kappa shape index (κ3) is 1.50. The van der Waals surface area contributed by atoms with Crippen molar-refractivity contribution in [2.75, 3.05) is 6.26 Å². The minimum atomic E-state index is -1.36. The van der Waals surface area contributed by atoms with Gasteiger partial charge in [0.05, 0.1) is 16.7 Å². The molecule has 88 valence electrons. The molecule has 0 radical (unpaired) electrons. The summed E-state index contributed by atoms with van der Waals surface area (Å²) < 4.78 is 1.05. The zero-order chi connectivity index (χ0) is 12.1. The summed E-state index contributed by atoms with van der Waals surface area (Å²) in [5.74, 6) is -1.60. The van der Waals surface area contributed by atoms with Crippen LogP contribution in [0.3, 0.4) is 0 Å². The number of hydrogen-bond donors (Lipinski definition) is 0. The highest BCUT2D eigenvalue weighted by Gasteiger charge is 2.62. The average Bonchev–Trinajstić information content (AvgIpc) is 2.43. The molecule has 4 unspecified atom stereocenters. The van der Waals surface area contributed by atoms with Gasteiger partial charge in [-0.3, -0.25) is 9.59 Å². The highest BCUT2D eigenvalue weighted by Crippen LogP contribution is 2.47. The number of amides is 2. The number of fused-ring (bicyclic) bond motifs is 1. The Labute approximate surface area is 112 Å². The van der Waals surface area contributed by atoms with Crippen LogP contribution in [0.4, 0.5) is 0 Å². The summed E-state index contributed by atoms with van der Waals surface area (Å²) >= 11 is 19.2. The van der Waals surface area contributed by atoms with Crippen molar-refractivity contribution >= 4 is 58.6 Å². The van der Waals surface area contributed by atoms with Gasteiger partial charge in [0.15, 0.2) is 4.87 Å². The van der Waals surface area contributed by atoms with Crippen molar-refractivity contribution < 1.29 is 9.59 Å². The standard InChI is InChI=1S/C9H8Cl3NO2S/c1-16-13-7(14)5-6(11)4(10)2-3-9(5,12)8(13)15/h2-6H,1H3. The van der Waals surface area contributed by atoms with Crippen LogP contribution >= 0.6 is 46.8 Å². The zero-order valence-corrected chi connectivity index (χ0v) is 11.3. The molecule has 1 aliphatic carbocycles. The molecule has 1 saturated heterocycles. The fourth-order valence-electron chi connectivity index (χ4n) is 1.93. The Morgan fingerprint density at radius 2 is 2.06 bits per heavy atom. The van der Waals surface area contributed by atoms with Crippen molar-refractivity contribution in [1.82, 2.24) is 4.31 Å². The largest absolute Gasteiger partial charge is 0.273 e. The van der Waals surface area contributed by atoms with Crippen molar-refractivity contribution in [3.63, 3.8) is 0 Å². The molecule has 0 aromatic carbocycles. The van der Waals surface area contributed by atoms with Gasteiger partial charge in [-0.2, -0.15) is 0 Å². The molecule has 2 rings (SSSR count). The summed E-state index contributed by atoms with van der Waals surface area (Å²) in [5, 5.41) is -1.16. The van der Waals surface area contributed by atoms with Crippen LogP contribution in [0.1, 0.15) is 0 Å². The van der Waals surface area contributed by atoms with Crippen LogP contribution in [0.5, 0.6) is 0 Å². The van der Waals surface area contributed by atoms with Gasteiger partial charge in [-0.05, 0) is 11.9 Å². The maximum absolute atomic E-state index is 12.0. The molecule has 0 saturated carbocycles. The maximum atomic E-state index is 12.0. The molecular weight excluding hydrogens is 293 g/mol. The molecule has 0 N–H and O–H groups in total. The molecule has 2 aliphatic rings. The Morgan fingerprint density at radius 1 is 1.44 bits per heavy atom. The van der Waals surface area contributed by atoms with Gasteiger partial charge in [-0.15, -0.1) is 34.8 Å². The number of alkyl halides is 3. The van der Waals surface area contributed by atoms with E-state index in [-0.39, 0.29) is 5.91 Å². The Balaban J connectivity index is 2.49. The number of halogens is 3. The van der Waals surface area contributed by atoms with Gasteiger partial charge < -0.3 is 0 Å². The lowest BCUT2D eigenvalue weighted by atomic mass is 9.84. The second kappa shape index (κ2) is 4.09. The molecule has 0 bridgehead atoms. The summed E-state index contributed by atoms with van der Waals surface area (Å²) in [4.78, 5) is 22.6. The highest BCUT2D eigenvalue weighted by atomic mass is 35.5. The molecular formula is C9H8Cl3NO2S. The van der Waals surface area contributed by atoms with Crippen LogP contribution in [0.2, 0.25) is 0 Å². The number of imide groups is 1. The van der Waals surface area contributed by atoms with E-state index in [0.717, 1.165) is 16.3 Å². The highest BCUT2D eigenvalue weighted by molar-refractivity contribution is 7.97. The van der Waals surface area contributed by atoms with E-state index in [2.05, 4.69) is 0 Å². The zero-order valence-electron chi connectivity index (χ0n) is 8.19. The lowest BCUT2D eigenvalue weighted by Gasteiger charge is -2.30. The Hall–Kier alpha value is 0.1000. The predicted octanol–water partition coefficient (Wildman–Crippen LogP) is 2.01.